The summed E-state index contributed by atoms with van der Waals surface area (Å²) in [6, 6.07) is 11.2. The summed E-state index contributed by atoms with van der Waals surface area (Å²) in [6.07, 6.45) is 0. The summed E-state index contributed by atoms with van der Waals surface area (Å²) in [5.74, 6) is -0.356. The SMILES string of the molecule is O=S(=O)(O)C(c1ccc(O)cc1)(c1ccc(O)cc1Cl)c1c(Cl)cc(Cl)cc1Cl. The first kappa shape index (κ1) is 22.0. The van der Waals surface area contributed by atoms with Crippen LogP contribution >= 0.6 is 46.4 Å². The quantitative estimate of drug-likeness (QED) is 0.311. The van der Waals surface area contributed by atoms with Crippen molar-refractivity contribution in [2.45, 2.75) is 4.75 Å². The molecule has 10 heteroatoms. The van der Waals surface area contributed by atoms with Crippen LogP contribution in [0, 0.1) is 0 Å². The molecule has 0 radical (unpaired) electrons. The summed E-state index contributed by atoms with van der Waals surface area (Å²) in [6.45, 7) is 0. The molecule has 3 aromatic rings. The van der Waals surface area contributed by atoms with E-state index < -0.39 is 14.9 Å². The first-order valence-corrected chi connectivity index (χ1v) is 10.8. The van der Waals surface area contributed by atoms with Crippen LogP contribution in [-0.2, 0) is 14.9 Å². The smallest absolute Gasteiger partial charge is 0.283 e. The van der Waals surface area contributed by atoms with Gasteiger partial charge in [-0.1, -0.05) is 64.6 Å². The van der Waals surface area contributed by atoms with Crippen molar-refractivity contribution in [2.75, 3.05) is 0 Å². The van der Waals surface area contributed by atoms with Gasteiger partial charge in [-0.2, -0.15) is 8.42 Å². The predicted molar refractivity (Wildman–Crippen MR) is 114 cm³/mol. The molecule has 0 spiro atoms. The summed E-state index contributed by atoms with van der Waals surface area (Å²) < 4.78 is 34.1. The van der Waals surface area contributed by atoms with Gasteiger partial charge in [0.1, 0.15) is 11.5 Å². The lowest BCUT2D eigenvalue weighted by Crippen LogP contribution is -2.39. The summed E-state index contributed by atoms with van der Waals surface area (Å²) in [7, 11) is -5.05. The van der Waals surface area contributed by atoms with Gasteiger partial charge in [-0.25, -0.2) is 0 Å². The Balaban J connectivity index is 2.61. The third-order valence-electron chi connectivity index (χ3n) is 4.35. The number of phenols is 2. The molecule has 0 aliphatic rings. The van der Waals surface area contributed by atoms with Crippen molar-refractivity contribution in [2.24, 2.45) is 0 Å². The van der Waals surface area contributed by atoms with Gasteiger partial charge in [0.25, 0.3) is 10.1 Å². The largest absolute Gasteiger partial charge is 0.508 e. The molecule has 5 nitrogen and oxygen atoms in total. The number of phenolic OH excluding ortho intramolecular Hbond substituents is 2. The van der Waals surface area contributed by atoms with E-state index in [1.807, 2.05) is 0 Å². The third kappa shape index (κ3) is 3.77. The zero-order valence-electron chi connectivity index (χ0n) is 14.3. The standard InChI is InChI=1S/C19H12Cl4O5S/c20-11-7-16(22)18(17(23)8-11)19(29(26,27)28,10-1-3-12(24)4-2-10)14-6-5-13(25)9-15(14)21/h1-9,24-25H,(H,26,27,28). The first-order chi connectivity index (χ1) is 13.5. The van der Waals surface area contributed by atoms with Gasteiger partial charge in [-0.05, 0) is 42.0 Å². The van der Waals surface area contributed by atoms with Crippen LogP contribution in [0.1, 0.15) is 16.7 Å². The Morgan fingerprint density at radius 3 is 1.72 bits per heavy atom. The lowest BCUT2D eigenvalue weighted by atomic mass is 9.83. The van der Waals surface area contributed by atoms with Crippen LogP contribution in [0.3, 0.4) is 0 Å². The highest BCUT2D eigenvalue weighted by molar-refractivity contribution is 7.87. The van der Waals surface area contributed by atoms with E-state index in [1.165, 1.54) is 48.5 Å². The van der Waals surface area contributed by atoms with Crippen molar-refractivity contribution < 1.29 is 23.2 Å². The van der Waals surface area contributed by atoms with Crippen molar-refractivity contribution in [1.82, 2.24) is 0 Å². The number of hydrogen-bond acceptors (Lipinski definition) is 4. The lowest BCUT2D eigenvalue weighted by molar-refractivity contribution is 0.456. The lowest BCUT2D eigenvalue weighted by Gasteiger charge is -2.34. The number of hydrogen-bond donors (Lipinski definition) is 3. The van der Waals surface area contributed by atoms with E-state index in [0.29, 0.717) is 0 Å². The molecule has 0 aromatic heterocycles. The predicted octanol–water partition coefficient (Wildman–Crippen LogP) is 5.89. The molecular formula is C19H12Cl4O5S. The van der Waals surface area contributed by atoms with Crippen molar-refractivity contribution in [3.05, 3.63) is 91.4 Å². The molecule has 0 aliphatic heterocycles. The molecular weight excluding hydrogens is 482 g/mol. The topological polar surface area (TPSA) is 94.8 Å². The van der Waals surface area contributed by atoms with Crippen LogP contribution in [0.25, 0.3) is 0 Å². The maximum absolute atomic E-state index is 13.0. The Morgan fingerprint density at radius 1 is 0.724 bits per heavy atom. The molecule has 3 rings (SSSR count). The Kier molecular flexibility index (Phi) is 5.98. The van der Waals surface area contributed by atoms with Crippen molar-refractivity contribution in [1.29, 1.82) is 0 Å². The molecule has 0 saturated heterocycles. The molecule has 152 valence electrons. The maximum atomic E-state index is 13.0. The zero-order valence-corrected chi connectivity index (χ0v) is 18.1. The van der Waals surface area contributed by atoms with Gasteiger partial charge in [-0.15, -0.1) is 0 Å². The van der Waals surface area contributed by atoms with E-state index in [4.69, 9.17) is 46.4 Å². The van der Waals surface area contributed by atoms with E-state index >= 15 is 0 Å². The monoisotopic (exact) mass is 492 g/mol. The summed E-state index contributed by atoms with van der Waals surface area (Å²) in [4.78, 5) is 0. The number of rotatable bonds is 4. The zero-order chi connectivity index (χ0) is 21.6. The van der Waals surface area contributed by atoms with Gasteiger partial charge in [0.05, 0.1) is 0 Å². The Hall–Kier alpha value is -1.67. The Morgan fingerprint density at radius 2 is 1.24 bits per heavy atom. The van der Waals surface area contributed by atoms with Gasteiger partial charge in [0.2, 0.25) is 0 Å². The highest BCUT2D eigenvalue weighted by atomic mass is 35.5. The molecule has 0 aliphatic carbocycles. The molecule has 0 amide bonds. The third-order valence-corrected chi connectivity index (χ3v) is 6.91. The van der Waals surface area contributed by atoms with E-state index in [2.05, 4.69) is 0 Å². The highest BCUT2D eigenvalue weighted by Gasteiger charge is 2.52. The maximum Gasteiger partial charge on any atom is 0.283 e. The number of benzene rings is 3. The number of halogens is 4. The first-order valence-electron chi connectivity index (χ1n) is 7.89. The van der Waals surface area contributed by atoms with E-state index in [-0.39, 0.29) is 48.3 Å². The molecule has 0 bridgehead atoms. The van der Waals surface area contributed by atoms with Crippen LogP contribution in [0.15, 0.2) is 54.6 Å². The average Bonchev–Trinajstić information content (AvgIpc) is 2.58. The Labute approximate surface area is 186 Å². The van der Waals surface area contributed by atoms with Crippen LogP contribution in [-0.4, -0.2) is 23.2 Å². The van der Waals surface area contributed by atoms with E-state index in [0.717, 1.165) is 6.07 Å². The van der Waals surface area contributed by atoms with Gasteiger partial charge in [-0.3, -0.25) is 4.55 Å². The van der Waals surface area contributed by atoms with Crippen molar-refractivity contribution >= 4 is 56.5 Å². The van der Waals surface area contributed by atoms with Crippen LogP contribution in [0.4, 0.5) is 0 Å². The highest BCUT2D eigenvalue weighted by Crippen LogP contribution is 2.51. The fourth-order valence-electron chi connectivity index (χ4n) is 3.22. The minimum absolute atomic E-state index is 0.00323. The van der Waals surface area contributed by atoms with Crippen molar-refractivity contribution in [3.63, 3.8) is 0 Å². The summed E-state index contributed by atoms with van der Waals surface area (Å²) in [5, 5.41) is 19.1. The molecule has 29 heavy (non-hydrogen) atoms. The van der Waals surface area contributed by atoms with Gasteiger partial charge < -0.3 is 10.2 Å². The fraction of sp³-hybridized carbons (Fsp3) is 0.0526. The minimum Gasteiger partial charge on any atom is -0.508 e. The van der Waals surface area contributed by atoms with Crippen molar-refractivity contribution in [3.8, 4) is 11.5 Å². The second-order valence-electron chi connectivity index (χ2n) is 6.11. The van der Waals surface area contributed by atoms with Gasteiger partial charge >= 0.3 is 0 Å². The fourth-order valence-corrected chi connectivity index (χ4v) is 6.17. The molecule has 0 heterocycles. The molecule has 1 unspecified atom stereocenters. The van der Waals surface area contributed by atoms with Gasteiger partial charge in [0.15, 0.2) is 4.75 Å². The van der Waals surface area contributed by atoms with E-state index in [9.17, 15) is 23.2 Å². The van der Waals surface area contributed by atoms with Gasteiger partial charge in [0, 0.05) is 31.2 Å². The number of aromatic hydroxyl groups is 2. The average molecular weight is 494 g/mol. The van der Waals surface area contributed by atoms with Crippen LogP contribution < -0.4 is 0 Å². The molecule has 0 saturated carbocycles. The molecule has 3 aromatic carbocycles. The normalized spacial score (nSPS) is 13.8. The van der Waals surface area contributed by atoms with Crippen LogP contribution in [0.2, 0.25) is 20.1 Å². The summed E-state index contributed by atoms with van der Waals surface area (Å²) >= 11 is 25.0. The second kappa shape index (κ2) is 7.87. The van der Waals surface area contributed by atoms with Crippen LogP contribution in [0.5, 0.6) is 11.5 Å². The molecule has 3 N–H and O–H groups in total. The molecule has 0 fully saturated rings. The second-order valence-corrected chi connectivity index (χ2v) is 9.33. The minimum atomic E-state index is -5.05. The molecule has 1 atom stereocenters. The Bertz CT molecular complexity index is 1170. The summed E-state index contributed by atoms with van der Waals surface area (Å²) in [5.41, 5.74) is -0.307. The van der Waals surface area contributed by atoms with E-state index in [1.54, 1.807) is 0 Å².